The third-order valence-corrected chi connectivity index (χ3v) is 9.82. The SMILES string of the molecule is CCCCCCCCCCCCCCCCCCCCCCC[C@@H](O)C(=O)NC(CO)C(O)C(O)CCCCCCCCCCC. The van der Waals surface area contributed by atoms with Gasteiger partial charge in [-0.25, -0.2) is 0 Å². The molecular weight excluding hydrogens is 574 g/mol. The molecule has 0 aliphatic carbocycles. The highest BCUT2D eigenvalue weighted by Crippen LogP contribution is 2.17. The van der Waals surface area contributed by atoms with Crippen LogP contribution in [-0.2, 0) is 4.79 Å². The monoisotopic (exact) mass is 656 g/mol. The summed E-state index contributed by atoms with van der Waals surface area (Å²) in [6.45, 7) is 4.02. The fraction of sp³-hybridized carbons (Fsp3) is 0.975. The molecule has 3 unspecified atom stereocenters. The van der Waals surface area contributed by atoms with Gasteiger partial charge in [0.2, 0.25) is 5.91 Å². The third kappa shape index (κ3) is 29.4. The maximum atomic E-state index is 12.4. The van der Waals surface area contributed by atoms with Crippen molar-refractivity contribution in [2.24, 2.45) is 0 Å². The number of hydrogen-bond donors (Lipinski definition) is 5. The molecule has 0 spiro atoms. The molecule has 0 aliphatic heterocycles. The molecule has 0 radical (unpaired) electrons. The minimum Gasteiger partial charge on any atom is -0.394 e. The Morgan fingerprint density at radius 2 is 0.739 bits per heavy atom. The van der Waals surface area contributed by atoms with E-state index in [-0.39, 0.29) is 0 Å². The summed E-state index contributed by atoms with van der Waals surface area (Å²) in [4.78, 5) is 12.4. The maximum absolute atomic E-state index is 12.4. The van der Waals surface area contributed by atoms with Crippen LogP contribution in [0.4, 0.5) is 0 Å². The van der Waals surface area contributed by atoms with Gasteiger partial charge in [0.15, 0.2) is 0 Å². The van der Waals surface area contributed by atoms with Crippen molar-refractivity contribution in [3.8, 4) is 0 Å². The number of nitrogens with one attached hydrogen (secondary N) is 1. The lowest BCUT2D eigenvalue weighted by atomic mass is 9.99. The van der Waals surface area contributed by atoms with Crippen molar-refractivity contribution < 1.29 is 25.2 Å². The summed E-state index contributed by atoms with van der Waals surface area (Å²) in [5.41, 5.74) is 0. The van der Waals surface area contributed by atoms with Crippen LogP contribution in [0.2, 0.25) is 0 Å². The van der Waals surface area contributed by atoms with Gasteiger partial charge < -0.3 is 25.7 Å². The van der Waals surface area contributed by atoms with E-state index in [0.29, 0.717) is 12.8 Å². The first-order chi connectivity index (χ1) is 22.5. The quantitative estimate of drug-likeness (QED) is 0.0428. The number of rotatable bonds is 37. The van der Waals surface area contributed by atoms with Crippen molar-refractivity contribution in [1.82, 2.24) is 5.32 Å². The van der Waals surface area contributed by atoms with Crippen molar-refractivity contribution in [3.63, 3.8) is 0 Å². The highest BCUT2D eigenvalue weighted by atomic mass is 16.3. The van der Waals surface area contributed by atoms with Crippen molar-refractivity contribution in [1.29, 1.82) is 0 Å². The molecule has 0 saturated carbocycles. The van der Waals surface area contributed by atoms with Crippen LogP contribution in [0, 0.1) is 0 Å². The molecule has 4 atom stereocenters. The second-order valence-electron chi connectivity index (χ2n) is 14.3. The van der Waals surface area contributed by atoms with E-state index in [1.54, 1.807) is 0 Å². The number of amides is 1. The third-order valence-electron chi connectivity index (χ3n) is 9.82. The molecule has 6 heteroatoms. The van der Waals surface area contributed by atoms with Crippen LogP contribution < -0.4 is 5.32 Å². The lowest BCUT2D eigenvalue weighted by Crippen LogP contribution is -2.53. The lowest BCUT2D eigenvalue weighted by molar-refractivity contribution is -0.132. The molecule has 0 fully saturated rings. The minimum absolute atomic E-state index is 0.375. The van der Waals surface area contributed by atoms with Crippen LogP contribution in [0.5, 0.6) is 0 Å². The van der Waals surface area contributed by atoms with Gasteiger partial charge in [0.05, 0.1) is 18.8 Å². The fourth-order valence-corrected chi connectivity index (χ4v) is 6.52. The predicted molar refractivity (Wildman–Crippen MR) is 196 cm³/mol. The first-order valence-corrected chi connectivity index (χ1v) is 20.4. The number of unbranched alkanes of at least 4 members (excludes halogenated alkanes) is 28. The van der Waals surface area contributed by atoms with Crippen LogP contribution >= 0.6 is 0 Å². The largest absolute Gasteiger partial charge is 0.394 e. The maximum Gasteiger partial charge on any atom is 0.249 e. The average molecular weight is 656 g/mol. The van der Waals surface area contributed by atoms with Crippen LogP contribution in [-0.4, -0.2) is 57.3 Å². The van der Waals surface area contributed by atoms with E-state index in [0.717, 1.165) is 38.5 Å². The van der Waals surface area contributed by atoms with Crippen molar-refractivity contribution in [2.45, 2.75) is 244 Å². The highest BCUT2D eigenvalue weighted by molar-refractivity contribution is 5.80. The van der Waals surface area contributed by atoms with E-state index >= 15 is 0 Å². The summed E-state index contributed by atoms with van der Waals surface area (Å²) in [6.07, 6.45) is 35.7. The summed E-state index contributed by atoms with van der Waals surface area (Å²) in [5.74, 6) is -0.582. The van der Waals surface area contributed by atoms with E-state index < -0.39 is 36.9 Å². The summed E-state index contributed by atoms with van der Waals surface area (Å²) < 4.78 is 0. The summed E-state index contributed by atoms with van der Waals surface area (Å²) >= 11 is 0. The van der Waals surface area contributed by atoms with E-state index in [4.69, 9.17) is 0 Å². The molecule has 0 aromatic rings. The van der Waals surface area contributed by atoms with Gasteiger partial charge >= 0.3 is 0 Å². The first kappa shape index (κ1) is 45.3. The number of carbonyl (C=O) groups excluding carboxylic acids is 1. The topological polar surface area (TPSA) is 110 Å². The Kier molecular flexibility index (Phi) is 35.1. The number of carbonyl (C=O) groups is 1. The second-order valence-corrected chi connectivity index (χ2v) is 14.3. The average Bonchev–Trinajstić information content (AvgIpc) is 3.06. The smallest absolute Gasteiger partial charge is 0.249 e. The predicted octanol–water partition coefficient (Wildman–Crippen LogP) is 10.1. The Bertz CT molecular complexity index is 618. The molecule has 0 aromatic carbocycles. The highest BCUT2D eigenvalue weighted by Gasteiger charge is 2.28. The van der Waals surface area contributed by atoms with Crippen LogP contribution in [0.1, 0.15) is 219 Å². The standard InChI is InChI=1S/C40H81NO5/c1-3-5-7-9-11-13-14-15-16-17-18-19-20-21-22-23-24-26-28-30-32-34-38(44)40(46)41-36(35-42)39(45)37(43)33-31-29-27-25-12-10-8-6-4-2/h36-39,42-45H,3-35H2,1-2H3,(H,41,46)/t36?,37?,38-,39?/m1/s1. The Morgan fingerprint density at radius 3 is 1.04 bits per heavy atom. The summed E-state index contributed by atoms with van der Waals surface area (Å²) in [7, 11) is 0. The lowest BCUT2D eigenvalue weighted by Gasteiger charge is -2.27. The van der Waals surface area contributed by atoms with E-state index in [2.05, 4.69) is 19.2 Å². The Hall–Kier alpha value is -0.690. The van der Waals surface area contributed by atoms with Gasteiger partial charge in [-0.2, -0.15) is 0 Å². The molecule has 0 saturated heterocycles. The molecule has 0 aromatic heterocycles. The summed E-state index contributed by atoms with van der Waals surface area (Å²) in [6, 6.07) is -0.976. The molecule has 0 rings (SSSR count). The van der Waals surface area contributed by atoms with Gasteiger partial charge in [0.1, 0.15) is 12.2 Å². The Morgan fingerprint density at radius 1 is 0.457 bits per heavy atom. The molecule has 0 aliphatic rings. The van der Waals surface area contributed by atoms with Crippen LogP contribution in [0.15, 0.2) is 0 Å². The molecular formula is C40H81NO5. The Labute approximate surface area is 286 Å². The van der Waals surface area contributed by atoms with E-state index in [1.165, 1.54) is 154 Å². The van der Waals surface area contributed by atoms with Crippen molar-refractivity contribution in [2.75, 3.05) is 6.61 Å². The fourth-order valence-electron chi connectivity index (χ4n) is 6.52. The van der Waals surface area contributed by atoms with Crippen molar-refractivity contribution >= 4 is 5.91 Å². The number of aliphatic hydroxyl groups excluding tert-OH is 4. The molecule has 46 heavy (non-hydrogen) atoms. The number of aliphatic hydroxyl groups is 4. The zero-order chi connectivity index (χ0) is 33.9. The molecule has 1 amide bonds. The minimum atomic E-state index is -1.25. The van der Waals surface area contributed by atoms with Crippen LogP contribution in [0.25, 0.3) is 0 Å². The van der Waals surface area contributed by atoms with Gasteiger partial charge in [-0.3, -0.25) is 4.79 Å². The molecule has 6 nitrogen and oxygen atoms in total. The first-order valence-electron chi connectivity index (χ1n) is 20.4. The van der Waals surface area contributed by atoms with Crippen LogP contribution in [0.3, 0.4) is 0 Å². The van der Waals surface area contributed by atoms with Crippen molar-refractivity contribution in [3.05, 3.63) is 0 Å². The molecule has 0 bridgehead atoms. The zero-order valence-corrected chi connectivity index (χ0v) is 30.8. The molecule has 276 valence electrons. The van der Waals surface area contributed by atoms with Gasteiger partial charge in [0.25, 0.3) is 0 Å². The van der Waals surface area contributed by atoms with E-state index in [9.17, 15) is 25.2 Å². The van der Waals surface area contributed by atoms with Gasteiger partial charge in [0, 0.05) is 0 Å². The molecule has 5 N–H and O–H groups in total. The molecule has 0 heterocycles. The zero-order valence-electron chi connectivity index (χ0n) is 30.8. The number of hydrogen-bond acceptors (Lipinski definition) is 5. The summed E-state index contributed by atoms with van der Waals surface area (Å²) in [5, 5.41) is 43.4. The van der Waals surface area contributed by atoms with Gasteiger partial charge in [-0.05, 0) is 12.8 Å². The van der Waals surface area contributed by atoms with Gasteiger partial charge in [-0.1, -0.05) is 206 Å². The normalized spacial score (nSPS) is 14.3. The second kappa shape index (κ2) is 35.6. The van der Waals surface area contributed by atoms with E-state index in [1.807, 2.05) is 0 Å². The Balaban J connectivity index is 3.65. The van der Waals surface area contributed by atoms with Gasteiger partial charge in [-0.15, -0.1) is 0 Å².